The predicted octanol–water partition coefficient (Wildman–Crippen LogP) is 5.88. The number of rotatable bonds is 5. The highest BCUT2D eigenvalue weighted by atomic mass is 16.5. The lowest BCUT2D eigenvalue weighted by Crippen LogP contribution is -2.39. The molecular formula is C33H44N4O3. The van der Waals surface area contributed by atoms with Crippen molar-refractivity contribution in [3.8, 4) is 11.5 Å². The van der Waals surface area contributed by atoms with Crippen LogP contribution in [-0.2, 0) is 23.2 Å². The number of carbonyl (C=O) groups excluding carboxylic acids is 1. The Balaban J connectivity index is 1.49. The molecule has 1 atom stereocenters. The molecule has 1 amide bonds. The maximum atomic E-state index is 13.3. The summed E-state index contributed by atoms with van der Waals surface area (Å²) in [6.45, 7) is 10.8. The van der Waals surface area contributed by atoms with Gasteiger partial charge in [0.25, 0.3) is 0 Å². The van der Waals surface area contributed by atoms with Gasteiger partial charge in [0.05, 0.1) is 31.6 Å². The highest BCUT2D eigenvalue weighted by Crippen LogP contribution is 2.43. The standard InChI is InChI=1S/C33H44N4O3/c1-6-37-14-13-36(21-25-7-9-28-29(17-25)35-22-34-28)12-11-24-15-23(8-10-31(37)38)16-26-18-27(39-4)19-30(40-5)32(26)33(2,3)20-24/h7,9,17-20,22-23H,6,8,10-16,21H2,1-5H3,(H,34,35)/b24-20-. The number of likely N-dealkylation sites (N-methyl/N-ethyl adjacent to an activating group) is 1. The first kappa shape index (κ1) is 28.2. The van der Waals surface area contributed by atoms with Crippen LogP contribution in [0.3, 0.4) is 0 Å². The lowest BCUT2D eigenvalue weighted by atomic mass is 9.73. The molecule has 7 nitrogen and oxygen atoms in total. The Hall–Kier alpha value is -3.32. The third-order valence-electron chi connectivity index (χ3n) is 8.71. The minimum atomic E-state index is -0.185. The van der Waals surface area contributed by atoms with Gasteiger partial charge in [-0.05, 0) is 67.9 Å². The Morgan fingerprint density at radius 1 is 1.05 bits per heavy atom. The predicted molar refractivity (Wildman–Crippen MR) is 160 cm³/mol. The average molecular weight is 545 g/mol. The molecule has 1 saturated heterocycles. The van der Waals surface area contributed by atoms with Gasteiger partial charge in [0, 0.05) is 56.2 Å². The van der Waals surface area contributed by atoms with Crippen molar-refractivity contribution in [2.45, 2.75) is 64.8 Å². The molecule has 40 heavy (non-hydrogen) atoms. The van der Waals surface area contributed by atoms with Crippen LogP contribution in [0, 0.1) is 5.92 Å². The van der Waals surface area contributed by atoms with E-state index in [4.69, 9.17) is 9.47 Å². The normalized spacial score (nSPS) is 21.8. The number of nitrogens with zero attached hydrogens (tertiary/aromatic N) is 3. The third-order valence-corrected chi connectivity index (χ3v) is 8.71. The van der Waals surface area contributed by atoms with Crippen LogP contribution >= 0.6 is 0 Å². The molecule has 1 aliphatic heterocycles. The van der Waals surface area contributed by atoms with Gasteiger partial charge in [-0.1, -0.05) is 31.6 Å². The molecular weight excluding hydrogens is 500 g/mol. The van der Waals surface area contributed by atoms with Gasteiger partial charge in [0.15, 0.2) is 0 Å². The van der Waals surface area contributed by atoms with Crippen LogP contribution in [0.15, 0.2) is 48.3 Å². The van der Waals surface area contributed by atoms with Gasteiger partial charge in [-0.2, -0.15) is 0 Å². The summed E-state index contributed by atoms with van der Waals surface area (Å²) in [5.74, 6) is 2.34. The number of H-pyrrole nitrogens is 1. The zero-order valence-electron chi connectivity index (χ0n) is 24.8. The first-order valence-electron chi connectivity index (χ1n) is 14.7. The van der Waals surface area contributed by atoms with Crippen molar-refractivity contribution < 1.29 is 14.3 Å². The number of nitrogens with one attached hydrogen (secondary N) is 1. The Morgan fingerprint density at radius 3 is 2.67 bits per heavy atom. The molecule has 0 saturated carbocycles. The topological polar surface area (TPSA) is 70.7 Å². The SMILES string of the molecule is CCN1CCN(Cc2ccc3nc[nH]c3c2)CC/C2=C/C(C)(C)c3c(cc(OC)cc3OC)CC(CCC1=O)C2. The van der Waals surface area contributed by atoms with E-state index >= 15 is 0 Å². The highest BCUT2D eigenvalue weighted by molar-refractivity contribution is 5.76. The number of carbonyl (C=O) groups is 1. The van der Waals surface area contributed by atoms with Gasteiger partial charge < -0.3 is 19.4 Å². The number of aromatic nitrogens is 2. The molecule has 1 aliphatic carbocycles. The number of aromatic amines is 1. The number of imidazole rings is 1. The Morgan fingerprint density at radius 2 is 1.90 bits per heavy atom. The molecule has 1 fully saturated rings. The summed E-state index contributed by atoms with van der Waals surface area (Å²) in [6, 6.07) is 10.6. The number of hydrogen-bond acceptors (Lipinski definition) is 5. The van der Waals surface area contributed by atoms with Crippen LogP contribution in [0.1, 0.15) is 63.1 Å². The lowest BCUT2D eigenvalue weighted by Gasteiger charge is -2.35. The summed E-state index contributed by atoms with van der Waals surface area (Å²) >= 11 is 0. The number of amides is 1. The fraction of sp³-hybridized carbons (Fsp3) is 0.515. The summed E-state index contributed by atoms with van der Waals surface area (Å²) in [4.78, 5) is 25.5. The first-order valence-corrected chi connectivity index (χ1v) is 14.7. The molecule has 1 N–H and O–H groups in total. The molecule has 5 rings (SSSR count). The molecule has 1 aromatic heterocycles. The van der Waals surface area contributed by atoms with Crippen molar-refractivity contribution in [2.24, 2.45) is 5.92 Å². The molecule has 2 bridgehead atoms. The number of allylic oxidation sites excluding steroid dienone is 1. The molecule has 0 radical (unpaired) electrons. The molecule has 2 aliphatic rings. The van der Waals surface area contributed by atoms with Crippen molar-refractivity contribution >= 4 is 16.9 Å². The van der Waals surface area contributed by atoms with Gasteiger partial charge >= 0.3 is 0 Å². The average Bonchev–Trinajstić information content (AvgIpc) is 3.40. The van der Waals surface area contributed by atoms with Crippen LogP contribution in [-0.4, -0.2) is 66.1 Å². The summed E-state index contributed by atoms with van der Waals surface area (Å²) < 4.78 is 11.6. The molecule has 0 spiro atoms. The maximum absolute atomic E-state index is 13.3. The summed E-state index contributed by atoms with van der Waals surface area (Å²) in [5, 5.41) is 0. The van der Waals surface area contributed by atoms with E-state index in [0.29, 0.717) is 12.3 Å². The molecule has 214 valence electrons. The van der Waals surface area contributed by atoms with E-state index in [1.807, 2.05) is 11.0 Å². The maximum Gasteiger partial charge on any atom is 0.222 e. The first-order chi connectivity index (χ1) is 19.3. The molecule has 1 unspecified atom stereocenters. The van der Waals surface area contributed by atoms with Crippen molar-refractivity contribution in [3.05, 3.63) is 65.0 Å². The van der Waals surface area contributed by atoms with E-state index in [-0.39, 0.29) is 11.3 Å². The number of ether oxygens (including phenoxy) is 2. The molecule has 2 aromatic carbocycles. The zero-order valence-corrected chi connectivity index (χ0v) is 24.8. The summed E-state index contributed by atoms with van der Waals surface area (Å²) in [6.07, 6.45) is 8.64. The summed E-state index contributed by atoms with van der Waals surface area (Å²) in [7, 11) is 3.45. The fourth-order valence-corrected chi connectivity index (χ4v) is 6.71. The van der Waals surface area contributed by atoms with Gasteiger partial charge in [-0.15, -0.1) is 0 Å². The molecule has 7 heteroatoms. The van der Waals surface area contributed by atoms with Crippen LogP contribution < -0.4 is 9.47 Å². The van der Waals surface area contributed by atoms with Crippen LogP contribution in [0.5, 0.6) is 11.5 Å². The number of benzene rings is 2. The van der Waals surface area contributed by atoms with E-state index in [2.05, 4.69) is 66.0 Å². The van der Waals surface area contributed by atoms with Crippen LogP contribution in [0.25, 0.3) is 11.0 Å². The number of hydrogen-bond donors (Lipinski definition) is 1. The smallest absolute Gasteiger partial charge is 0.222 e. The van der Waals surface area contributed by atoms with Gasteiger partial charge in [0.1, 0.15) is 11.5 Å². The van der Waals surface area contributed by atoms with Crippen LogP contribution in [0.4, 0.5) is 0 Å². The Kier molecular flexibility index (Phi) is 8.50. The van der Waals surface area contributed by atoms with Crippen molar-refractivity contribution in [2.75, 3.05) is 40.4 Å². The van der Waals surface area contributed by atoms with Crippen molar-refractivity contribution in [1.29, 1.82) is 0 Å². The van der Waals surface area contributed by atoms with Crippen LogP contribution in [0.2, 0.25) is 0 Å². The van der Waals surface area contributed by atoms with Gasteiger partial charge in [-0.25, -0.2) is 4.98 Å². The van der Waals surface area contributed by atoms with E-state index in [1.165, 1.54) is 22.3 Å². The quantitative estimate of drug-likeness (QED) is 0.406. The van der Waals surface area contributed by atoms with E-state index in [9.17, 15) is 4.79 Å². The van der Waals surface area contributed by atoms with Gasteiger partial charge in [0.2, 0.25) is 5.91 Å². The fourth-order valence-electron chi connectivity index (χ4n) is 6.71. The monoisotopic (exact) mass is 544 g/mol. The van der Waals surface area contributed by atoms with E-state index < -0.39 is 0 Å². The van der Waals surface area contributed by atoms with Crippen molar-refractivity contribution in [1.82, 2.24) is 19.8 Å². The third kappa shape index (κ3) is 6.20. The van der Waals surface area contributed by atoms with E-state index in [0.717, 1.165) is 80.9 Å². The van der Waals surface area contributed by atoms with E-state index in [1.54, 1.807) is 20.5 Å². The Labute approximate surface area is 238 Å². The number of fused-ring (bicyclic) bond motifs is 4. The minimum absolute atomic E-state index is 0.185. The second-order valence-corrected chi connectivity index (χ2v) is 12.0. The second kappa shape index (κ2) is 12.0. The van der Waals surface area contributed by atoms with Gasteiger partial charge in [-0.3, -0.25) is 9.69 Å². The Bertz CT molecular complexity index is 1380. The molecule has 3 aromatic rings. The largest absolute Gasteiger partial charge is 0.497 e. The van der Waals surface area contributed by atoms with Crippen molar-refractivity contribution in [3.63, 3.8) is 0 Å². The minimum Gasteiger partial charge on any atom is -0.497 e. The summed E-state index contributed by atoms with van der Waals surface area (Å²) in [5.41, 5.74) is 7.11. The second-order valence-electron chi connectivity index (χ2n) is 12.0. The number of methoxy groups -OCH3 is 2. The molecule has 2 heterocycles. The zero-order chi connectivity index (χ0) is 28.3. The lowest BCUT2D eigenvalue weighted by molar-refractivity contribution is -0.131. The highest BCUT2D eigenvalue weighted by Gasteiger charge is 2.31.